The molecule has 110 valence electrons. The maximum atomic E-state index is 12.2. The maximum absolute atomic E-state index is 12.2. The normalized spacial score (nSPS) is 10.3. The number of pyridine rings is 1. The van der Waals surface area contributed by atoms with Crippen LogP contribution in [0.4, 0.5) is 0 Å². The Morgan fingerprint density at radius 3 is 2.80 bits per heavy atom. The Morgan fingerprint density at radius 1 is 1.35 bits per heavy atom. The molecule has 0 spiro atoms. The van der Waals surface area contributed by atoms with Crippen LogP contribution in [0.3, 0.4) is 0 Å². The first-order valence-electron chi connectivity index (χ1n) is 6.36. The van der Waals surface area contributed by atoms with Crippen LogP contribution in [-0.2, 0) is 0 Å². The van der Waals surface area contributed by atoms with Crippen molar-refractivity contribution in [3.05, 3.63) is 23.0 Å². The van der Waals surface area contributed by atoms with Gasteiger partial charge in [0.05, 0.1) is 16.6 Å². The third-order valence-electron chi connectivity index (χ3n) is 2.83. The second kappa shape index (κ2) is 7.21. The lowest BCUT2D eigenvalue weighted by Gasteiger charge is -2.07. The third-order valence-corrected chi connectivity index (χ3v) is 2.83. The Kier molecular flexibility index (Phi) is 5.91. The first-order valence-corrected chi connectivity index (χ1v) is 6.36. The summed E-state index contributed by atoms with van der Waals surface area (Å²) in [5.41, 5.74) is 2.40. The van der Waals surface area contributed by atoms with Gasteiger partial charge in [0.1, 0.15) is 0 Å². The molecule has 0 aromatic carbocycles. The Labute approximate surface area is 123 Å². The van der Waals surface area contributed by atoms with Gasteiger partial charge in [-0.2, -0.15) is 0 Å². The zero-order chi connectivity index (χ0) is 13.8. The standard InChI is InChI=1S/C13H18N4O2.ClH/c1-4-14-5-6-15-12(18)10-7-8(2)16-13-11(10)9(3)17-19-13;/h7,14H,4-6H2,1-3H3,(H,15,18);1H. The van der Waals surface area contributed by atoms with E-state index in [0.29, 0.717) is 28.9 Å². The van der Waals surface area contributed by atoms with E-state index in [2.05, 4.69) is 20.8 Å². The summed E-state index contributed by atoms with van der Waals surface area (Å²) >= 11 is 0. The third kappa shape index (κ3) is 3.46. The van der Waals surface area contributed by atoms with Crippen LogP contribution in [0.5, 0.6) is 0 Å². The van der Waals surface area contributed by atoms with Crippen molar-refractivity contribution in [3.63, 3.8) is 0 Å². The van der Waals surface area contributed by atoms with Crippen molar-refractivity contribution in [2.24, 2.45) is 0 Å². The number of carbonyl (C=O) groups excluding carboxylic acids is 1. The van der Waals surface area contributed by atoms with Gasteiger partial charge in [-0.1, -0.05) is 12.1 Å². The Morgan fingerprint density at radius 2 is 2.10 bits per heavy atom. The predicted molar refractivity (Wildman–Crippen MR) is 79.4 cm³/mol. The molecule has 0 aliphatic heterocycles. The number of amides is 1. The fourth-order valence-corrected chi connectivity index (χ4v) is 1.93. The summed E-state index contributed by atoms with van der Waals surface area (Å²) < 4.78 is 5.11. The van der Waals surface area contributed by atoms with Gasteiger partial charge in [0.25, 0.3) is 11.6 Å². The SMILES string of the molecule is CCNCCNC(=O)c1cc(C)nc2onc(C)c12.Cl. The zero-order valence-electron chi connectivity index (χ0n) is 11.8. The highest BCUT2D eigenvalue weighted by molar-refractivity contribution is 6.06. The van der Waals surface area contributed by atoms with Crippen molar-refractivity contribution in [2.45, 2.75) is 20.8 Å². The van der Waals surface area contributed by atoms with Crippen molar-refractivity contribution in [1.29, 1.82) is 0 Å². The van der Waals surface area contributed by atoms with Crippen molar-refractivity contribution in [3.8, 4) is 0 Å². The number of hydrogen-bond acceptors (Lipinski definition) is 5. The topological polar surface area (TPSA) is 80.0 Å². The van der Waals surface area contributed by atoms with Gasteiger partial charge < -0.3 is 15.2 Å². The molecular formula is C13H19ClN4O2. The molecule has 6 nitrogen and oxygen atoms in total. The van der Waals surface area contributed by atoms with Gasteiger partial charge in [-0.25, -0.2) is 4.98 Å². The first-order chi connectivity index (χ1) is 9.13. The molecule has 0 radical (unpaired) electrons. The van der Waals surface area contributed by atoms with Gasteiger partial charge in [0.15, 0.2) is 0 Å². The number of aryl methyl sites for hydroxylation is 2. The molecule has 2 rings (SSSR count). The average Bonchev–Trinajstić information content (AvgIpc) is 2.75. The number of aromatic nitrogens is 2. The number of rotatable bonds is 5. The van der Waals surface area contributed by atoms with Gasteiger partial charge in [-0.05, 0) is 26.5 Å². The van der Waals surface area contributed by atoms with Crippen molar-refractivity contribution >= 4 is 29.4 Å². The Balaban J connectivity index is 0.00000200. The largest absolute Gasteiger partial charge is 0.351 e. The van der Waals surface area contributed by atoms with Crippen LogP contribution < -0.4 is 10.6 Å². The van der Waals surface area contributed by atoms with Gasteiger partial charge in [0, 0.05) is 18.8 Å². The molecule has 0 saturated carbocycles. The van der Waals surface area contributed by atoms with Gasteiger partial charge in [-0.3, -0.25) is 4.79 Å². The second-order valence-corrected chi connectivity index (χ2v) is 4.37. The van der Waals surface area contributed by atoms with Crippen LogP contribution in [0.25, 0.3) is 11.1 Å². The van der Waals surface area contributed by atoms with Crippen LogP contribution >= 0.6 is 12.4 Å². The van der Waals surface area contributed by atoms with E-state index in [4.69, 9.17) is 4.52 Å². The summed E-state index contributed by atoms with van der Waals surface area (Å²) in [5.74, 6) is -0.125. The van der Waals surface area contributed by atoms with Crippen LogP contribution in [0, 0.1) is 13.8 Å². The van der Waals surface area contributed by atoms with Gasteiger partial charge in [-0.15, -0.1) is 12.4 Å². The smallest absolute Gasteiger partial charge is 0.258 e. The number of fused-ring (bicyclic) bond motifs is 1. The molecule has 0 fully saturated rings. The highest BCUT2D eigenvalue weighted by Crippen LogP contribution is 2.21. The van der Waals surface area contributed by atoms with E-state index in [9.17, 15) is 4.79 Å². The second-order valence-electron chi connectivity index (χ2n) is 4.37. The number of nitrogens with zero attached hydrogens (tertiary/aromatic N) is 2. The number of hydrogen-bond donors (Lipinski definition) is 2. The minimum atomic E-state index is -0.125. The summed E-state index contributed by atoms with van der Waals surface area (Å²) in [5, 5.41) is 10.6. The summed E-state index contributed by atoms with van der Waals surface area (Å²) in [6.45, 7) is 7.88. The molecule has 0 aliphatic carbocycles. The molecule has 20 heavy (non-hydrogen) atoms. The quantitative estimate of drug-likeness (QED) is 0.820. The van der Waals surface area contributed by atoms with E-state index in [1.165, 1.54) is 0 Å². The van der Waals surface area contributed by atoms with E-state index in [-0.39, 0.29) is 18.3 Å². The highest BCUT2D eigenvalue weighted by atomic mass is 35.5. The molecule has 1 amide bonds. The van der Waals surface area contributed by atoms with Gasteiger partial charge >= 0.3 is 0 Å². The Hall–Kier alpha value is -1.66. The van der Waals surface area contributed by atoms with E-state index in [1.54, 1.807) is 13.0 Å². The number of likely N-dealkylation sites (N-methyl/N-ethyl adjacent to an activating group) is 1. The maximum Gasteiger partial charge on any atom is 0.258 e. The van der Waals surface area contributed by atoms with Crippen LogP contribution in [0.15, 0.2) is 10.6 Å². The first kappa shape index (κ1) is 16.4. The van der Waals surface area contributed by atoms with E-state index in [1.807, 2.05) is 13.8 Å². The lowest BCUT2D eigenvalue weighted by atomic mass is 10.1. The van der Waals surface area contributed by atoms with Crippen molar-refractivity contribution in [1.82, 2.24) is 20.8 Å². The molecular weight excluding hydrogens is 280 g/mol. The minimum Gasteiger partial charge on any atom is -0.351 e. The van der Waals surface area contributed by atoms with Gasteiger partial charge in [0.2, 0.25) is 0 Å². The monoisotopic (exact) mass is 298 g/mol. The lowest BCUT2D eigenvalue weighted by molar-refractivity contribution is 0.0955. The summed E-state index contributed by atoms with van der Waals surface area (Å²) in [6, 6.07) is 1.76. The van der Waals surface area contributed by atoms with E-state index in [0.717, 1.165) is 18.8 Å². The fourth-order valence-electron chi connectivity index (χ4n) is 1.93. The zero-order valence-corrected chi connectivity index (χ0v) is 12.6. The molecule has 0 unspecified atom stereocenters. The lowest BCUT2D eigenvalue weighted by Crippen LogP contribution is -2.31. The minimum absolute atomic E-state index is 0. The molecule has 0 aliphatic rings. The number of halogens is 1. The molecule has 0 atom stereocenters. The summed E-state index contributed by atoms with van der Waals surface area (Å²) in [6.07, 6.45) is 0. The predicted octanol–water partition coefficient (Wildman–Crippen LogP) is 1.60. The molecule has 2 N–H and O–H groups in total. The number of nitrogens with one attached hydrogen (secondary N) is 2. The van der Waals surface area contributed by atoms with Crippen LogP contribution in [0.1, 0.15) is 28.7 Å². The molecule has 2 aromatic rings. The fraction of sp³-hybridized carbons (Fsp3) is 0.462. The average molecular weight is 299 g/mol. The molecule has 7 heteroatoms. The van der Waals surface area contributed by atoms with Crippen LogP contribution in [-0.4, -0.2) is 35.7 Å². The molecule has 0 saturated heterocycles. The molecule has 2 aromatic heterocycles. The van der Waals surface area contributed by atoms with Crippen molar-refractivity contribution < 1.29 is 9.32 Å². The summed E-state index contributed by atoms with van der Waals surface area (Å²) in [7, 11) is 0. The van der Waals surface area contributed by atoms with E-state index >= 15 is 0 Å². The van der Waals surface area contributed by atoms with E-state index < -0.39 is 0 Å². The van der Waals surface area contributed by atoms with Crippen LogP contribution in [0.2, 0.25) is 0 Å². The Bertz CT molecular complexity index is 597. The number of carbonyl (C=O) groups is 1. The molecule has 0 bridgehead atoms. The summed E-state index contributed by atoms with van der Waals surface area (Å²) in [4.78, 5) is 16.4. The van der Waals surface area contributed by atoms with Crippen molar-refractivity contribution in [2.75, 3.05) is 19.6 Å². The molecule has 2 heterocycles. The highest BCUT2D eigenvalue weighted by Gasteiger charge is 2.17.